The van der Waals surface area contributed by atoms with Crippen molar-refractivity contribution in [2.45, 2.75) is 19.5 Å². The number of rotatable bonds is 6. The van der Waals surface area contributed by atoms with Crippen molar-refractivity contribution in [1.29, 1.82) is 0 Å². The van der Waals surface area contributed by atoms with Crippen molar-refractivity contribution in [3.63, 3.8) is 0 Å². The van der Waals surface area contributed by atoms with Gasteiger partial charge in [-0.25, -0.2) is 14.4 Å². The van der Waals surface area contributed by atoms with Gasteiger partial charge >= 0.3 is 0 Å². The summed E-state index contributed by atoms with van der Waals surface area (Å²) >= 11 is 1.31. The minimum atomic E-state index is -0.393. The van der Waals surface area contributed by atoms with Crippen LogP contribution in [0.5, 0.6) is 0 Å². The van der Waals surface area contributed by atoms with Crippen LogP contribution in [-0.2, 0) is 6.54 Å². The van der Waals surface area contributed by atoms with Crippen LogP contribution in [0.4, 0.5) is 4.39 Å². The number of thiazole rings is 1. The molecule has 3 aromatic heterocycles. The number of nitrogens with one attached hydrogen (secondary N) is 1. The Kier molecular flexibility index (Phi) is 5.66. The van der Waals surface area contributed by atoms with Gasteiger partial charge in [0, 0.05) is 12.7 Å². The Bertz CT molecular complexity index is 1410. The molecule has 33 heavy (non-hydrogen) atoms. The molecule has 1 amide bonds. The molecule has 1 unspecified atom stereocenters. The Morgan fingerprint density at radius 1 is 1.06 bits per heavy atom. The van der Waals surface area contributed by atoms with E-state index in [0.717, 1.165) is 22.3 Å². The Morgan fingerprint density at radius 2 is 1.85 bits per heavy atom. The van der Waals surface area contributed by atoms with Gasteiger partial charge in [0.05, 0.1) is 34.8 Å². The largest absolute Gasteiger partial charge is 0.343 e. The van der Waals surface area contributed by atoms with Crippen LogP contribution in [0.25, 0.3) is 21.7 Å². The third-order valence-electron chi connectivity index (χ3n) is 5.37. The normalized spacial score (nSPS) is 12.1. The second-order valence-corrected chi connectivity index (χ2v) is 8.61. The molecule has 8 heteroatoms. The molecule has 1 N–H and O–H groups in total. The molecule has 0 saturated carbocycles. The van der Waals surface area contributed by atoms with Crippen LogP contribution < -0.4 is 5.32 Å². The number of benzene rings is 2. The highest BCUT2D eigenvalue weighted by molar-refractivity contribution is 7.17. The number of carbonyl (C=O) groups excluding carboxylic acids is 1. The Morgan fingerprint density at radius 3 is 2.64 bits per heavy atom. The van der Waals surface area contributed by atoms with Crippen molar-refractivity contribution in [2.24, 2.45) is 0 Å². The molecular formula is C25H20FN5OS. The fourth-order valence-electron chi connectivity index (χ4n) is 3.71. The smallest absolute Gasteiger partial charge is 0.263 e. The summed E-state index contributed by atoms with van der Waals surface area (Å²) in [6.07, 6.45) is 3.45. The van der Waals surface area contributed by atoms with E-state index in [1.54, 1.807) is 24.7 Å². The molecule has 5 rings (SSSR count). The molecular weight excluding hydrogens is 437 g/mol. The second-order valence-electron chi connectivity index (χ2n) is 7.61. The van der Waals surface area contributed by atoms with Crippen molar-refractivity contribution >= 4 is 28.3 Å². The van der Waals surface area contributed by atoms with E-state index >= 15 is 0 Å². The van der Waals surface area contributed by atoms with Gasteiger partial charge in [-0.1, -0.05) is 30.3 Å². The van der Waals surface area contributed by atoms with Gasteiger partial charge in [-0.3, -0.25) is 9.78 Å². The molecule has 0 radical (unpaired) electrons. The van der Waals surface area contributed by atoms with Gasteiger partial charge in [-0.05, 0) is 48.9 Å². The number of halogens is 1. The summed E-state index contributed by atoms with van der Waals surface area (Å²) in [5, 5.41) is 3.81. The molecule has 0 fully saturated rings. The lowest BCUT2D eigenvalue weighted by Gasteiger charge is -2.20. The SMILES string of the molecule is Cc1nc(-c2ccccn2)sc1C(=O)NC(Cn1cnc2ccccc21)c1ccc(F)cc1. The van der Waals surface area contributed by atoms with Crippen LogP contribution in [0.3, 0.4) is 0 Å². The number of pyridine rings is 1. The van der Waals surface area contributed by atoms with Crippen LogP contribution >= 0.6 is 11.3 Å². The average molecular weight is 458 g/mol. The summed E-state index contributed by atoms with van der Waals surface area (Å²) in [6.45, 7) is 2.26. The first-order chi connectivity index (χ1) is 16.1. The molecule has 0 spiro atoms. The Labute approximate surface area is 193 Å². The molecule has 0 aliphatic carbocycles. The second kappa shape index (κ2) is 8.91. The van der Waals surface area contributed by atoms with Gasteiger partial charge in [0.2, 0.25) is 0 Å². The Balaban J connectivity index is 1.45. The van der Waals surface area contributed by atoms with Crippen LogP contribution in [0, 0.1) is 12.7 Å². The molecule has 3 heterocycles. The predicted octanol–water partition coefficient (Wildman–Crippen LogP) is 5.17. The predicted molar refractivity (Wildman–Crippen MR) is 126 cm³/mol. The molecule has 5 aromatic rings. The van der Waals surface area contributed by atoms with Gasteiger partial charge in [0.1, 0.15) is 15.7 Å². The number of amides is 1. The van der Waals surface area contributed by atoms with Crippen molar-refractivity contribution in [3.8, 4) is 10.7 Å². The van der Waals surface area contributed by atoms with E-state index in [-0.39, 0.29) is 11.7 Å². The van der Waals surface area contributed by atoms with Crippen molar-refractivity contribution < 1.29 is 9.18 Å². The zero-order chi connectivity index (χ0) is 22.8. The number of nitrogens with zero attached hydrogens (tertiary/aromatic N) is 4. The maximum absolute atomic E-state index is 13.6. The number of aromatic nitrogens is 4. The first-order valence-electron chi connectivity index (χ1n) is 10.4. The molecule has 2 aromatic carbocycles. The number of carbonyl (C=O) groups is 1. The summed E-state index contributed by atoms with van der Waals surface area (Å²) in [7, 11) is 0. The first kappa shape index (κ1) is 21.0. The van der Waals surface area contributed by atoms with Gasteiger partial charge in [-0.15, -0.1) is 11.3 Å². The third kappa shape index (κ3) is 4.38. The highest BCUT2D eigenvalue weighted by Gasteiger charge is 2.22. The fraction of sp³-hybridized carbons (Fsp3) is 0.120. The highest BCUT2D eigenvalue weighted by Crippen LogP contribution is 2.27. The van der Waals surface area contributed by atoms with Crippen molar-refractivity contribution in [1.82, 2.24) is 24.8 Å². The summed E-state index contributed by atoms with van der Waals surface area (Å²) in [4.78, 5) is 27.1. The summed E-state index contributed by atoms with van der Waals surface area (Å²) in [5.41, 5.74) is 4.01. The third-order valence-corrected chi connectivity index (χ3v) is 6.55. The zero-order valence-corrected chi connectivity index (χ0v) is 18.6. The number of para-hydroxylation sites is 2. The molecule has 1 atom stereocenters. The monoisotopic (exact) mass is 457 g/mol. The minimum Gasteiger partial charge on any atom is -0.343 e. The number of imidazole rings is 1. The number of fused-ring (bicyclic) bond motifs is 1. The van der Waals surface area contributed by atoms with Gasteiger partial charge in [0.15, 0.2) is 0 Å². The summed E-state index contributed by atoms with van der Waals surface area (Å²) < 4.78 is 15.6. The lowest BCUT2D eigenvalue weighted by atomic mass is 10.1. The molecule has 0 aliphatic rings. The van der Waals surface area contributed by atoms with E-state index in [9.17, 15) is 9.18 Å². The minimum absolute atomic E-state index is 0.231. The maximum Gasteiger partial charge on any atom is 0.263 e. The topological polar surface area (TPSA) is 72.7 Å². The van der Waals surface area contributed by atoms with Crippen LogP contribution in [0.2, 0.25) is 0 Å². The number of hydrogen-bond donors (Lipinski definition) is 1. The van der Waals surface area contributed by atoms with E-state index in [2.05, 4.69) is 20.3 Å². The van der Waals surface area contributed by atoms with E-state index in [1.807, 2.05) is 54.0 Å². The van der Waals surface area contributed by atoms with E-state index in [1.165, 1.54) is 23.5 Å². The van der Waals surface area contributed by atoms with Gasteiger partial charge in [0.25, 0.3) is 5.91 Å². The summed E-state index contributed by atoms with van der Waals surface area (Å²) in [5.74, 6) is -0.555. The van der Waals surface area contributed by atoms with E-state index in [4.69, 9.17) is 0 Å². The molecule has 6 nitrogen and oxygen atoms in total. The van der Waals surface area contributed by atoms with Crippen molar-refractivity contribution in [2.75, 3.05) is 0 Å². The standard InChI is InChI=1S/C25H20FN5OS/c1-16-23(33-25(29-16)20-7-4-5-13-27-20)24(32)30-21(17-9-11-18(26)12-10-17)14-31-15-28-19-6-2-3-8-22(19)31/h2-13,15,21H,14H2,1H3,(H,30,32). The first-order valence-corrected chi connectivity index (χ1v) is 11.2. The summed E-state index contributed by atoms with van der Waals surface area (Å²) in [6, 6.07) is 19.2. The highest BCUT2D eigenvalue weighted by atomic mass is 32.1. The number of hydrogen-bond acceptors (Lipinski definition) is 5. The van der Waals surface area contributed by atoms with Gasteiger partial charge in [-0.2, -0.15) is 0 Å². The lowest BCUT2D eigenvalue weighted by molar-refractivity contribution is 0.0936. The zero-order valence-electron chi connectivity index (χ0n) is 17.8. The lowest BCUT2D eigenvalue weighted by Crippen LogP contribution is -2.31. The molecule has 164 valence electrons. The van der Waals surface area contributed by atoms with E-state index < -0.39 is 6.04 Å². The van der Waals surface area contributed by atoms with Crippen LogP contribution in [0.1, 0.15) is 27.0 Å². The van der Waals surface area contributed by atoms with E-state index in [0.29, 0.717) is 22.1 Å². The molecule has 0 saturated heterocycles. The average Bonchev–Trinajstić information content (AvgIpc) is 3.43. The fourth-order valence-corrected chi connectivity index (χ4v) is 4.66. The van der Waals surface area contributed by atoms with Crippen LogP contribution in [0.15, 0.2) is 79.3 Å². The molecule has 0 bridgehead atoms. The number of aryl methyl sites for hydroxylation is 1. The van der Waals surface area contributed by atoms with Gasteiger partial charge < -0.3 is 9.88 Å². The Hall–Kier alpha value is -3.91. The van der Waals surface area contributed by atoms with Crippen molar-refractivity contribution in [3.05, 3.63) is 101 Å². The maximum atomic E-state index is 13.6. The molecule has 0 aliphatic heterocycles. The van der Waals surface area contributed by atoms with Crippen LogP contribution in [-0.4, -0.2) is 25.4 Å². The quantitative estimate of drug-likeness (QED) is 0.382.